The van der Waals surface area contributed by atoms with E-state index < -0.39 is 24.0 Å². The van der Waals surface area contributed by atoms with Crippen molar-refractivity contribution in [2.45, 2.75) is 32.0 Å². The summed E-state index contributed by atoms with van der Waals surface area (Å²) in [5.74, 6) is -0.734. The van der Waals surface area contributed by atoms with Crippen LogP contribution in [-0.2, 0) is 0 Å². The maximum Gasteiger partial charge on any atom is 0.409 e. The monoisotopic (exact) mass is 298 g/mol. The van der Waals surface area contributed by atoms with Crippen LogP contribution in [0.4, 0.5) is 17.6 Å². The maximum atomic E-state index is 13.4. The van der Waals surface area contributed by atoms with E-state index >= 15 is 0 Å². The molecule has 1 aromatic heterocycles. The molecule has 0 saturated heterocycles. The molecule has 1 aromatic carbocycles. The van der Waals surface area contributed by atoms with Gasteiger partial charge < -0.3 is 4.57 Å². The molecule has 112 valence electrons. The number of alkyl halides is 3. The molecule has 6 heteroatoms. The molecule has 1 fully saturated rings. The molecular weight excluding hydrogens is 284 g/mol. The Kier molecular flexibility index (Phi) is 3.26. The molecule has 1 saturated carbocycles. The fraction of sp³-hybridized carbons (Fsp3) is 0.400. The predicted molar refractivity (Wildman–Crippen MR) is 70.2 cm³/mol. The van der Waals surface area contributed by atoms with E-state index in [1.807, 2.05) is 0 Å². The fourth-order valence-electron chi connectivity index (χ4n) is 2.63. The Labute approximate surface area is 119 Å². The van der Waals surface area contributed by atoms with E-state index in [4.69, 9.17) is 0 Å². The molecule has 1 atom stereocenters. The van der Waals surface area contributed by atoms with Gasteiger partial charge in [-0.2, -0.15) is 13.2 Å². The Morgan fingerprint density at radius 3 is 2.57 bits per heavy atom. The van der Waals surface area contributed by atoms with E-state index in [0.29, 0.717) is 24.1 Å². The highest BCUT2D eigenvalue weighted by Gasteiger charge is 2.50. The lowest BCUT2D eigenvalue weighted by molar-refractivity contribution is -0.172. The van der Waals surface area contributed by atoms with Crippen LogP contribution in [0.3, 0.4) is 0 Å². The summed E-state index contributed by atoms with van der Waals surface area (Å²) in [6.07, 6.45) is -1.82. The molecule has 0 unspecified atom stereocenters. The van der Waals surface area contributed by atoms with Gasteiger partial charge in [0, 0.05) is 11.8 Å². The van der Waals surface area contributed by atoms with Gasteiger partial charge in [-0.25, -0.2) is 9.37 Å². The van der Waals surface area contributed by atoms with Crippen LogP contribution in [0.2, 0.25) is 0 Å². The van der Waals surface area contributed by atoms with Crippen molar-refractivity contribution in [2.24, 2.45) is 5.92 Å². The molecule has 21 heavy (non-hydrogen) atoms. The number of aromatic nitrogens is 2. The second-order valence-electron chi connectivity index (χ2n) is 5.45. The molecule has 0 spiro atoms. The number of hydrogen-bond acceptors (Lipinski definition) is 1. The molecule has 2 nitrogen and oxygen atoms in total. The van der Waals surface area contributed by atoms with Crippen molar-refractivity contribution >= 4 is 0 Å². The number of benzene rings is 1. The predicted octanol–water partition coefficient (Wildman–Crippen LogP) is 4.51. The minimum Gasteiger partial charge on any atom is -0.318 e. The molecule has 2 aromatic rings. The molecule has 3 rings (SSSR count). The normalized spacial score (nSPS) is 17.0. The summed E-state index contributed by atoms with van der Waals surface area (Å²) in [4.78, 5) is 4.16. The van der Waals surface area contributed by atoms with Crippen LogP contribution in [0.25, 0.3) is 11.4 Å². The smallest absolute Gasteiger partial charge is 0.318 e. The van der Waals surface area contributed by atoms with Gasteiger partial charge in [-0.3, -0.25) is 0 Å². The summed E-state index contributed by atoms with van der Waals surface area (Å²) in [6, 6.07) is 3.92. The van der Waals surface area contributed by atoms with Gasteiger partial charge >= 0.3 is 6.18 Å². The third-order valence-electron chi connectivity index (χ3n) is 3.64. The minimum absolute atomic E-state index is 0.168. The Balaban J connectivity index is 2.11. The Bertz CT molecular complexity index is 656. The first-order valence-electron chi connectivity index (χ1n) is 6.74. The Morgan fingerprint density at radius 1 is 1.29 bits per heavy atom. The molecule has 0 N–H and O–H groups in total. The van der Waals surface area contributed by atoms with Crippen molar-refractivity contribution in [3.63, 3.8) is 0 Å². The van der Waals surface area contributed by atoms with E-state index in [0.717, 1.165) is 4.57 Å². The zero-order chi connectivity index (χ0) is 15.2. The third-order valence-corrected chi connectivity index (χ3v) is 3.64. The zero-order valence-corrected chi connectivity index (χ0v) is 11.4. The van der Waals surface area contributed by atoms with Crippen molar-refractivity contribution in [3.8, 4) is 11.4 Å². The van der Waals surface area contributed by atoms with Gasteiger partial charge in [-0.15, -0.1) is 0 Å². The van der Waals surface area contributed by atoms with Crippen LogP contribution in [0.5, 0.6) is 0 Å². The Morgan fingerprint density at radius 2 is 2.00 bits per heavy atom. The fourth-order valence-corrected chi connectivity index (χ4v) is 2.63. The van der Waals surface area contributed by atoms with Crippen LogP contribution >= 0.6 is 0 Å². The van der Waals surface area contributed by atoms with E-state index in [-0.39, 0.29) is 5.82 Å². The van der Waals surface area contributed by atoms with Crippen molar-refractivity contribution in [1.82, 2.24) is 9.55 Å². The van der Waals surface area contributed by atoms with Gasteiger partial charge in [-0.05, 0) is 37.8 Å². The first-order chi connectivity index (χ1) is 9.86. The summed E-state index contributed by atoms with van der Waals surface area (Å²) in [5, 5.41) is 0. The van der Waals surface area contributed by atoms with Gasteiger partial charge in [-0.1, -0.05) is 12.1 Å². The lowest BCUT2D eigenvalue weighted by Gasteiger charge is -2.23. The van der Waals surface area contributed by atoms with E-state index in [1.54, 1.807) is 13.0 Å². The standard InChI is InChI=1S/C15H14F4N2/c1-9-8-21(13(10-5-6-10)15(17,18)19)14(20-9)11-3-2-4-12(16)7-11/h2-4,7-8,10,13H,5-6H2,1H3/t13-/m0/s1. The first-order valence-corrected chi connectivity index (χ1v) is 6.74. The van der Waals surface area contributed by atoms with E-state index in [9.17, 15) is 17.6 Å². The average Bonchev–Trinajstić information content (AvgIpc) is 3.11. The number of rotatable bonds is 3. The average molecular weight is 298 g/mol. The highest BCUT2D eigenvalue weighted by Crippen LogP contribution is 2.49. The number of aryl methyl sites for hydroxylation is 1. The van der Waals surface area contributed by atoms with Crippen LogP contribution in [-0.4, -0.2) is 15.7 Å². The van der Waals surface area contributed by atoms with Crippen LogP contribution in [0.1, 0.15) is 24.6 Å². The third kappa shape index (κ3) is 2.80. The Hall–Kier alpha value is -1.85. The van der Waals surface area contributed by atoms with Crippen molar-refractivity contribution in [2.75, 3.05) is 0 Å². The quantitative estimate of drug-likeness (QED) is 0.762. The van der Waals surface area contributed by atoms with Crippen LogP contribution in [0, 0.1) is 18.7 Å². The highest BCUT2D eigenvalue weighted by molar-refractivity contribution is 5.56. The molecule has 1 heterocycles. The number of nitrogens with zero attached hydrogens (tertiary/aromatic N) is 2. The number of imidazole rings is 1. The van der Waals surface area contributed by atoms with Gasteiger partial charge in [0.25, 0.3) is 0 Å². The first kappa shape index (κ1) is 14.1. The maximum absolute atomic E-state index is 13.4. The molecule has 0 aliphatic heterocycles. The molecule has 1 aliphatic rings. The lowest BCUT2D eigenvalue weighted by atomic mass is 10.1. The molecule has 0 radical (unpaired) electrons. The summed E-state index contributed by atoms with van der Waals surface area (Å²) in [6.45, 7) is 1.64. The summed E-state index contributed by atoms with van der Waals surface area (Å²) in [5.41, 5.74) is 0.849. The summed E-state index contributed by atoms with van der Waals surface area (Å²) in [7, 11) is 0. The van der Waals surface area contributed by atoms with Crippen molar-refractivity contribution in [1.29, 1.82) is 0 Å². The summed E-state index contributed by atoms with van der Waals surface area (Å²) < 4.78 is 54.6. The van der Waals surface area contributed by atoms with Gasteiger partial charge in [0.2, 0.25) is 0 Å². The molecular formula is C15H14F4N2. The van der Waals surface area contributed by atoms with Crippen LogP contribution < -0.4 is 0 Å². The molecule has 0 amide bonds. The van der Waals surface area contributed by atoms with E-state index in [2.05, 4.69) is 4.98 Å². The van der Waals surface area contributed by atoms with Gasteiger partial charge in [0.15, 0.2) is 0 Å². The minimum atomic E-state index is -4.34. The van der Waals surface area contributed by atoms with Gasteiger partial charge in [0.1, 0.15) is 17.7 Å². The van der Waals surface area contributed by atoms with E-state index in [1.165, 1.54) is 24.4 Å². The SMILES string of the molecule is Cc1cn([C@@H](C2CC2)C(F)(F)F)c(-c2cccc(F)c2)n1. The van der Waals surface area contributed by atoms with Crippen molar-refractivity contribution < 1.29 is 17.6 Å². The zero-order valence-electron chi connectivity index (χ0n) is 11.4. The number of halogens is 4. The summed E-state index contributed by atoms with van der Waals surface area (Å²) >= 11 is 0. The number of hydrogen-bond donors (Lipinski definition) is 0. The topological polar surface area (TPSA) is 17.8 Å². The molecule has 1 aliphatic carbocycles. The van der Waals surface area contributed by atoms with Crippen molar-refractivity contribution in [3.05, 3.63) is 42.0 Å². The van der Waals surface area contributed by atoms with Gasteiger partial charge in [0.05, 0.1) is 5.69 Å². The highest BCUT2D eigenvalue weighted by atomic mass is 19.4. The largest absolute Gasteiger partial charge is 0.409 e. The second kappa shape index (κ2) is 4.86. The molecule has 0 bridgehead atoms. The lowest BCUT2D eigenvalue weighted by Crippen LogP contribution is -2.28. The van der Waals surface area contributed by atoms with Crippen LogP contribution in [0.15, 0.2) is 30.5 Å². The second-order valence-corrected chi connectivity index (χ2v) is 5.45.